The number of alkyl halides is 6. The molecule has 0 saturated heterocycles. The van der Waals surface area contributed by atoms with Gasteiger partial charge in [-0.05, 0) is 50.5 Å². The van der Waals surface area contributed by atoms with E-state index in [1.165, 1.54) is 0 Å². The smallest absolute Gasteiger partial charge is 0.343 e. The molecule has 1 N–H and O–H groups in total. The fraction of sp³-hybridized carbons (Fsp3) is 0.739. The molecule has 1 aromatic rings. The normalized spacial score (nSPS) is 14.1. The van der Waals surface area contributed by atoms with Crippen LogP contribution in [0.3, 0.4) is 0 Å². The highest BCUT2D eigenvalue weighted by molar-refractivity contribution is 5.34. The van der Waals surface area contributed by atoms with Gasteiger partial charge in [0.05, 0.1) is 11.1 Å². The molecule has 1 atom stereocenters. The average Bonchev–Trinajstić information content (AvgIpc) is 2.68. The highest BCUT2D eigenvalue weighted by atomic mass is 19.4. The summed E-state index contributed by atoms with van der Waals surface area (Å²) in [6.45, 7) is 5.47. The SMILES string of the molecule is CCCCCCCCC(Cc1cc(C(F)(F)F)cc(C(F)(F)F)c1)C(O)(OCC)OCC. The Morgan fingerprint density at radius 3 is 1.66 bits per heavy atom. The number of benzene rings is 1. The van der Waals surface area contributed by atoms with Gasteiger partial charge in [0.25, 0.3) is 5.97 Å². The predicted molar refractivity (Wildman–Crippen MR) is 110 cm³/mol. The third-order valence-corrected chi connectivity index (χ3v) is 5.25. The summed E-state index contributed by atoms with van der Waals surface area (Å²) in [6, 6.07) is 1.49. The second kappa shape index (κ2) is 12.8. The number of unbranched alkanes of at least 4 members (excludes halogenated alkanes) is 5. The Bertz CT molecular complexity index is 634. The van der Waals surface area contributed by atoms with Crippen LogP contribution in [-0.4, -0.2) is 24.3 Å². The number of ether oxygens (including phenoxy) is 2. The number of aliphatic hydroxyl groups is 1. The zero-order valence-electron chi connectivity index (χ0n) is 18.9. The lowest BCUT2D eigenvalue weighted by molar-refractivity contribution is -0.384. The van der Waals surface area contributed by atoms with Crippen LogP contribution in [0.5, 0.6) is 0 Å². The molecule has 0 aliphatic rings. The lowest BCUT2D eigenvalue weighted by Gasteiger charge is -2.35. The largest absolute Gasteiger partial charge is 0.416 e. The van der Waals surface area contributed by atoms with Crippen molar-refractivity contribution in [1.82, 2.24) is 0 Å². The van der Waals surface area contributed by atoms with E-state index >= 15 is 0 Å². The summed E-state index contributed by atoms with van der Waals surface area (Å²) in [4.78, 5) is 0. The van der Waals surface area contributed by atoms with Gasteiger partial charge < -0.3 is 14.6 Å². The van der Waals surface area contributed by atoms with Gasteiger partial charge in [0.15, 0.2) is 0 Å². The summed E-state index contributed by atoms with van der Waals surface area (Å²) in [5.41, 5.74) is -2.94. The Hall–Kier alpha value is -1.32. The molecule has 0 aromatic heterocycles. The Morgan fingerprint density at radius 2 is 1.22 bits per heavy atom. The Balaban J connectivity index is 3.21. The molecule has 0 radical (unpaired) electrons. The molecule has 0 fully saturated rings. The van der Waals surface area contributed by atoms with Gasteiger partial charge in [-0.2, -0.15) is 26.3 Å². The van der Waals surface area contributed by atoms with Gasteiger partial charge in [0.2, 0.25) is 0 Å². The monoisotopic (exact) mass is 472 g/mol. The number of hydrogen-bond acceptors (Lipinski definition) is 3. The summed E-state index contributed by atoms with van der Waals surface area (Å²) in [5.74, 6) is -2.93. The van der Waals surface area contributed by atoms with Crippen molar-refractivity contribution in [2.75, 3.05) is 13.2 Å². The van der Waals surface area contributed by atoms with Gasteiger partial charge in [0.1, 0.15) is 0 Å². The first-order chi connectivity index (χ1) is 14.9. The van der Waals surface area contributed by atoms with E-state index in [0.717, 1.165) is 32.1 Å². The molecule has 3 nitrogen and oxygen atoms in total. The van der Waals surface area contributed by atoms with Crippen LogP contribution in [-0.2, 0) is 28.2 Å². The molecular formula is C23H34F6O3. The van der Waals surface area contributed by atoms with Gasteiger partial charge >= 0.3 is 12.4 Å². The second-order valence-corrected chi connectivity index (χ2v) is 7.87. The fourth-order valence-electron chi connectivity index (χ4n) is 3.70. The summed E-state index contributed by atoms with van der Waals surface area (Å²) < 4.78 is 90.2. The minimum atomic E-state index is -4.93. The molecule has 1 rings (SSSR count). The molecule has 186 valence electrons. The Labute approximate surface area is 186 Å². The Morgan fingerprint density at radius 1 is 0.750 bits per heavy atom. The quantitative estimate of drug-likeness (QED) is 0.175. The predicted octanol–water partition coefficient (Wildman–Crippen LogP) is 7.35. The summed E-state index contributed by atoms with van der Waals surface area (Å²) >= 11 is 0. The minimum absolute atomic E-state index is 0.0693. The maximum atomic E-state index is 13.2. The summed E-state index contributed by atoms with van der Waals surface area (Å²) in [5, 5.41) is 10.9. The standard InChI is InChI=1S/C23H34F6O3/c1-4-7-8-9-10-11-12-18(23(30,31-5-2)32-6-3)13-17-14-19(21(24,25)26)16-20(15-17)22(27,28)29/h14-16,18,30H,4-13H2,1-3H3. The molecular weight excluding hydrogens is 438 g/mol. The van der Waals surface area contributed by atoms with Gasteiger partial charge in [-0.1, -0.05) is 45.4 Å². The summed E-state index contributed by atoms with van der Waals surface area (Å²) in [6.07, 6.45) is -4.12. The number of hydrogen-bond donors (Lipinski definition) is 1. The topological polar surface area (TPSA) is 38.7 Å². The van der Waals surface area contributed by atoms with Crippen molar-refractivity contribution >= 4 is 0 Å². The van der Waals surface area contributed by atoms with Crippen molar-refractivity contribution in [1.29, 1.82) is 0 Å². The molecule has 1 aromatic carbocycles. The van der Waals surface area contributed by atoms with E-state index in [1.54, 1.807) is 13.8 Å². The van der Waals surface area contributed by atoms with Crippen molar-refractivity contribution in [3.63, 3.8) is 0 Å². The van der Waals surface area contributed by atoms with E-state index in [4.69, 9.17) is 9.47 Å². The van der Waals surface area contributed by atoms with Gasteiger partial charge in [-0.3, -0.25) is 0 Å². The maximum absolute atomic E-state index is 13.2. The number of halogens is 6. The molecule has 32 heavy (non-hydrogen) atoms. The van der Waals surface area contributed by atoms with E-state index in [-0.39, 0.29) is 31.3 Å². The van der Waals surface area contributed by atoms with E-state index in [2.05, 4.69) is 6.92 Å². The van der Waals surface area contributed by atoms with Crippen LogP contribution in [0.25, 0.3) is 0 Å². The molecule has 0 heterocycles. The van der Waals surface area contributed by atoms with Crippen molar-refractivity contribution in [2.45, 2.75) is 90.5 Å². The molecule has 0 aliphatic heterocycles. The minimum Gasteiger partial charge on any atom is -0.343 e. The van der Waals surface area contributed by atoms with E-state index in [0.29, 0.717) is 25.0 Å². The van der Waals surface area contributed by atoms with Gasteiger partial charge in [-0.15, -0.1) is 0 Å². The van der Waals surface area contributed by atoms with Gasteiger partial charge in [0, 0.05) is 19.1 Å². The van der Waals surface area contributed by atoms with Crippen LogP contribution >= 0.6 is 0 Å². The first-order valence-electron chi connectivity index (χ1n) is 11.2. The van der Waals surface area contributed by atoms with Crippen LogP contribution in [0, 0.1) is 5.92 Å². The fourth-order valence-corrected chi connectivity index (χ4v) is 3.70. The van der Waals surface area contributed by atoms with Crippen molar-refractivity contribution in [3.8, 4) is 0 Å². The highest BCUT2D eigenvalue weighted by Gasteiger charge is 2.41. The van der Waals surface area contributed by atoms with Crippen LogP contribution < -0.4 is 0 Å². The lowest BCUT2D eigenvalue weighted by atomic mass is 9.89. The molecule has 1 unspecified atom stereocenters. The van der Waals surface area contributed by atoms with Crippen molar-refractivity contribution in [2.24, 2.45) is 5.92 Å². The zero-order chi connectivity index (χ0) is 24.4. The van der Waals surface area contributed by atoms with Crippen molar-refractivity contribution in [3.05, 3.63) is 34.9 Å². The summed E-state index contributed by atoms with van der Waals surface area (Å²) in [7, 11) is 0. The molecule has 0 aliphatic carbocycles. The molecule has 9 heteroatoms. The molecule has 0 amide bonds. The van der Waals surface area contributed by atoms with E-state index in [1.807, 2.05) is 0 Å². The van der Waals surface area contributed by atoms with E-state index in [9.17, 15) is 31.4 Å². The first-order valence-corrected chi connectivity index (χ1v) is 11.2. The number of rotatable bonds is 14. The third-order valence-electron chi connectivity index (χ3n) is 5.25. The molecule has 0 spiro atoms. The third kappa shape index (κ3) is 9.27. The lowest BCUT2D eigenvalue weighted by Crippen LogP contribution is -2.45. The van der Waals surface area contributed by atoms with Crippen molar-refractivity contribution < 1.29 is 40.9 Å². The van der Waals surface area contributed by atoms with Gasteiger partial charge in [-0.25, -0.2) is 0 Å². The second-order valence-electron chi connectivity index (χ2n) is 7.87. The molecule has 0 saturated carbocycles. The molecule has 0 bridgehead atoms. The van der Waals surface area contributed by atoms with Crippen LogP contribution in [0.4, 0.5) is 26.3 Å². The maximum Gasteiger partial charge on any atom is 0.416 e. The van der Waals surface area contributed by atoms with Crippen LogP contribution in [0.15, 0.2) is 18.2 Å². The van der Waals surface area contributed by atoms with Crippen LogP contribution in [0.1, 0.15) is 82.4 Å². The Kier molecular flexibility index (Phi) is 11.5. The first kappa shape index (κ1) is 28.7. The highest BCUT2D eigenvalue weighted by Crippen LogP contribution is 2.38. The van der Waals surface area contributed by atoms with E-state index < -0.39 is 35.4 Å². The average molecular weight is 473 g/mol. The van der Waals surface area contributed by atoms with Crippen LogP contribution in [0.2, 0.25) is 0 Å². The zero-order valence-corrected chi connectivity index (χ0v) is 18.9.